The first kappa shape index (κ1) is 18.9. The number of carbonyl (C=O) groups is 1. The van der Waals surface area contributed by atoms with Gasteiger partial charge >= 0.3 is 0 Å². The zero-order chi connectivity index (χ0) is 18.7. The summed E-state index contributed by atoms with van der Waals surface area (Å²) in [5.41, 5.74) is 3.04. The van der Waals surface area contributed by atoms with E-state index in [1.54, 1.807) is 19.1 Å². The van der Waals surface area contributed by atoms with Crippen molar-refractivity contribution < 1.29 is 22.7 Å². The molecule has 1 fully saturated rings. The van der Waals surface area contributed by atoms with E-state index in [1.165, 1.54) is 10.5 Å². The van der Waals surface area contributed by atoms with Crippen molar-refractivity contribution in [2.75, 3.05) is 25.6 Å². The summed E-state index contributed by atoms with van der Waals surface area (Å²) in [5.74, 6) is 0.427. The third kappa shape index (κ3) is 4.11. The van der Waals surface area contributed by atoms with Crippen LogP contribution in [0.3, 0.4) is 0 Å². The van der Waals surface area contributed by atoms with Crippen molar-refractivity contribution in [1.29, 1.82) is 0 Å². The Labute approximate surface area is 157 Å². The predicted molar refractivity (Wildman–Crippen MR) is 97.1 cm³/mol. The molecule has 1 atom stereocenters. The fraction of sp³-hybridized carbons (Fsp3) is 0.500. The van der Waals surface area contributed by atoms with Gasteiger partial charge in [-0.3, -0.25) is 4.79 Å². The molecular weight excluding hydrogens is 382 g/mol. The Balaban J connectivity index is 1.61. The number of hydrazone groups is 1. The number of nitrogens with zero attached hydrogens (tertiary/aromatic N) is 2. The van der Waals surface area contributed by atoms with Crippen LogP contribution >= 0.6 is 11.6 Å². The van der Waals surface area contributed by atoms with Crippen molar-refractivity contribution in [3.63, 3.8) is 0 Å². The monoisotopic (exact) mass is 401 g/mol. The Morgan fingerprint density at radius 2 is 2.15 bits per heavy atom. The largest absolute Gasteiger partial charge is 0.454 e. The number of halogens is 1. The molecule has 8 nitrogen and oxygen atoms in total. The number of hydrogen-bond acceptors (Lipinski definition) is 6. The first-order valence-corrected chi connectivity index (χ1v) is 10.3. The number of hydrogen-bond donors (Lipinski definition) is 1. The maximum absolute atomic E-state index is 12.3. The fourth-order valence-electron chi connectivity index (χ4n) is 2.88. The molecule has 2 heterocycles. The van der Waals surface area contributed by atoms with Gasteiger partial charge in [-0.15, -0.1) is 0 Å². The Bertz CT molecular complexity index is 827. The van der Waals surface area contributed by atoms with Crippen LogP contribution in [0, 0.1) is 5.92 Å². The van der Waals surface area contributed by atoms with Crippen molar-refractivity contribution in [1.82, 2.24) is 9.73 Å². The maximum Gasteiger partial charge on any atom is 0.244 e. The first-order chi connectivity index (χ1) is 12.4. The lowest BCUT2D eigenvalue weighted by atomic mass is 9.99. The lowest BCUT2D eigenvalue weighted by molar-refractivity contribution is -0.126. The molecule has 0 spiro atoms. The van der Waals surface area contributed by atoms with Gasteiger partial charge in [-0.25, -0.2) is 18.1 Å². The van der Waals surface area contributed by atoms with E-state index in [0.29, 0.717) is 41.5 Å². The third-order valence-corrected chi connectivity index (χ3v) is 6.56. The first-order valence-electron chi connectivity index (χ1n) is 8.30. The molecule has 1 aromatic rings. The summed E-state index contributed by atoms with van der Waals surface area (Å²) in [5, 5.41) is 4.36. The van der Waals surface area contributed by atoms with Gasteiger partial charge in [0, 0.05) is 24.7 Å². The number of rotatable bonds is 5. The molecule has 1 unspecified atom stereocenters. The highest BCUT2D eigenvalue weighted by molar-refractivity contribution is 7.89. The Morgan fingerprint density at radius 3 is 2.88 bits per heavy atom. The van der Waals surface area contributed by atoms with Gasteiger partial charge in [-0.2, -0.15) is 5.10 Å². The lowest BCUT2D eigenvalue weighted by Gasteiger charge is -2.30. The highest BCUT2D eigenvalue weighted by atomic mass is 35.5. The van der Waals surface area contributed by atoms with Crippen LogP contribution < -0.4 is 14.9 Å². The molecule has 10 heteroatoms. The number of ether oxygens (including phenoxy) is 2. The average Bonchev–Trinajstić information content (AvgIpc) is 3.09. The standard InChI is InChI=1S/C16H20ClN3O5S/c1-2-26(22,23)20-5-3-4-11(9-20)16(21)19-18-8-12-6-14-15(7-13(12)17)25-10-24-14/h6-8,11H,2-5,9-10H2,1H3,(H,19,21)/b18-8+. The zero-order valence-corrected chi connectivity index (χ0v) is 15.8. The van der Waals surface area contributed by atoms with E-state index in [2.05, 4.69) is 10.5 Å². The van der Waals surface area contributed by atoms with Crippen LogP contribution in [-0.4, -0.2) is 50.5 Å². The van der Waals surface area contributed by atoms with Crippen LogP contribution in [0.2, 0.25) is 5.02 Å². The second-order valence-electron chi connectivity index (χ2n) is 6.06. The van der Waals surface area contributed by atoms with Crippen LogP contribution in [0.25, 0.3) is 0 Å². The van der Waals surface area contributed by atoms with Crippen molar-refractivity contribution in [2.24, 2.45) is 11.0 Å². The molecule has 1 amide bonds. The van der Waals surface area contributed by atoms with Gasteiger partial charge in [0.1, 0.15) is 0 Å². The molecule has 0 radical (unpaired) electrons. The maximum atomic E-state index is 12.3. The molecule has 2 aliphatic rings. The van der Waals surface area contributed by atoms with E-state index in [4.69, 9.17) is 21.1 Å². The molecule has 2 aliphatic heterocycles. The molecule has 3 rings (SSSR count). The van der Waals surface area contributed by atoms with E-state index < -0.39 is 15.9 Å². The number of benzene rings is 1. The highest BCUT2D eigenvalue weighted by Gasteiger charge is 2.31. The van der Waals surface area contributed by atoms with Gasteiger partial charge in [-0.1, -0.05) is 11.6 Å². The lowest BCUT2D eigenvalue weighted by Crippen LogP contribution is -2.45. The number of sulfonamides is 1. The minimum absolute atomic E-state index is 0.0299. The third-order valence-electron chi connectivity index (χ3n) is 4.38. The second-order valence-corrected chi connectivity index (χ2v) is 8.72. The molecule has 1 saturated heterocycles. The predicted octanol–water partition coefficient (Wildman–Crippen LogP) is 1.58. The van der Waals surface area contributed by atoms with Crippen LogP contribution in [0.4, 0.5) is 0 Å². The number of fused-ring (bicyclic) bond motifs is 1. The summed E-state index contributed by atoms with van der Waals surface area (Å²) in [6, 6.07) is 3.30. The molecule has 1 N–H and O–H groups in total. The fourth-order valence-corrected chi connectivity index (χ4v) is 4.26. The van der Waals surface area contributed by atoms with Gasteiger partial charge in [0.25, 0.3) is 0 Å². The summed E-state index contributed by atoms with van der Waals surface area (Å²) in [4.78, 5) is 12.3. The summed E-state index contributed by atoms with van der Waals surface area (Å²) in [6.45, 7) is 2.37. The molecule has 0 aliphatic carbocycles. The normalized spacial score (nSPS) is 20.5. The molecule has 0 bridgehead atoms. The van der Waals surface area contributed by atoms with Gasteiger partial charge in [0.05, 0.1) is 22.9 Å². The van der Waals surface area contributed by atoms with E-state index in [-0.39, 0.29) is 25.0 Å². The Morgan fingerprint density at radius 1 is 1.42 bits per heavy atom. The van der Waals surface area contributed by atoms with Gasteiger partial charge < -0.3 is 9.47 Å². The van der Waals surface area contributed by atoms with E-state index in [1.807, 2.05) is 0 Å². The van der Waals surface area contributed by atoms with Crippen molar-refractivity contribution in [3.05, 3.63) is 22.7 Å². The summed E-state index contributed by atoms with van der Waals surface area (Å²) in [7, 11) is -3.29. The molecule has 142 valence electrons. The summed E-state index contributed by atoms with van der Waals surface area (Å²) < 4.78 is 35.8. The topological polar surface area (TPSA) is 97.3 Å². The summed E-state index contributed by atoms with van der Waals surface area (Å²) >= 11 is 6.14. The van der Waals surface area contributed by atoms with E-state index in [0.717, 1.165) is 0 Å². The second kappa shape index (κ2) is 7.81. The highest BCUT2D eigenvalue weighted by Crippen LogP contribution is 2.36. The molecule has 0 saturated carbocycles. The minimum atomic E-state index is -3.29. The number of nitrogens with one attached hydrogen (secondary N) is 1. The van der Waals surface area contributed by atoms with Crippen LogP contribution in [0.1, 0.15) is 25.3 Å². The molecule has 1 aromatic carbocycles. The molecule has 26 heavy (non-hydrogen) atoms. The quantitative estimate of drug-likeness (QED) is 0.596. The van der Waals surface area contributed by atoms with Gasteiger partial charge in [0.2, 0.25) is 22.7 Å². The smallest absolute Gasteiger partial charge is 0.244 e. The SMILES string of the molecule is CCS(=O)(=O)N1CCCC(C(=O)N/N=C/c2cc3c(cc2Cl)OCO3)C1. The van der Waals surface area contributed by atoms with Crippen LogP contribution in [0.5, 0.6) is 11.5 Å². The van der Waals surface area contributed by atoms with E-state index >= 15 is 0 Å². The summed E-state index contributed by atoms with van der Waals surface area (Å²) in [6.07, 6.45) is 2.70. The van der Waals surface area contributed by atoms with Crippen LogP contribution in [-0.2, 0) is 14.8 Å². The van der Waals surface area contributed by atoms with Crippen LogP contribution in [0.15, 0.2) is 17.2 Å². The van der Waals surface area contributed by atoms with Crippen molar-refractivity contribution in [3.8, 4) is 11.5 Å². The zero-order valence-electron chi connectivity index (χ0n) is 14.3. The van der Waals surface area contributed by atoms with Gasteiger partial charge in [-0.05, 0) is 25.8 Å². The van der Waals surface area contributed by atoms with Crippen molar-refractivity contribution in [2.45, 2.75) is 19.8 Å². The Kier molecular flexibility index (Phi) is 5.69. The molecular formula is C16H20ClN3O5S. The average molecular weight is 402 g/mol. The number of amides is 1. The number of carbonyl (C=O) groups excluding carboxylic acids is 1. The van der Waals surface area contributed by atoms with Crippen molar-refractivity contribution >= 4 is 33.7 Å². The Hall–Kier alpha value is -1.84. The minimum Gasteiger partial charge on any atom is -0.454 e. The number of piperidine rings is 1. The van der Waals surface area contributed by atoms with Gasteiger partial charge in [0.15, 0.2) is 11.5 Å². The van der Waals surface area contributed by atoms with E-state index in [9.17, 15) is 13.2 Å². The molecule has 0 aromatic heterocycles.